The highest BCUT2D eigenvalue weighted by molar-refractivity contribution is 5.95. The molecule has 1 aromatic heterocycles. The van der Waals surface area contributed by atoms with Gasteiger partial charge in [-0.1, -0.05) is 132 Å². The lowest BCUT2D eigenvalue weighted by molar-refractivity contribution is 0.473. The average Bonchev–Trinajstić information content (AvgIpc) is 3.54. The van der Waals surface area contributed by atoms with E-state index in [0.29, 0.717) is 34.9 Å². The molecule has 274 valence electrons. The molecule has 0 fully saturated rings. The maximum atomic E-state index is 10.7. The molecule has 0 aliphatic rings. The van der Waals surface area contributed by atoms with Crippen molar-refractivity contribution >= 4 is 23.0 Å². The summed E-state index contributed by atoms with van der Waals surface area (Å²) in [5, 5.41) is 10.7. The third kappa shape index (κ3) is 7.88. The monoisotopic (exact) mass is 704 g/mol. The predicted molar refractivity (Wildman–Crippen MR) is 225 cm³/mol. The van der Waals surface area contributed by atoms with Gasteiger partial charge in [0.15, 0.2) is 5.58 Å². The maximum absolute atomic E-state index is 10.7. The molecular formula is C49H56N2O2. The molecule has 0 saturated carbocycles. The van der Waals surface area contributed by atoms with Crippen molar-refractivity contribution in [1.82, 2.24) is 4.98 Å². The van der Waals surface area contributed by atoms with Crippen LogP contribution in [0.4, 0.5) is 5.69 Å². The molecule has 0 atom stereocenters. The Bertz CT molecular complexity index is 2280. The Labute approximate surface area is 317 Å². The molecule has 5 aromatic carbocycles. The highest BCUT2D eigenvalue weighted by Gasteiger charge is 2.23. The second kappa shape index (κ2) is 14.5. The third-order valence-electron chi connectivity index (χ3n) is 10.3. The zero-order valence-electron chi connectivity index (χ0n) is 33.7. The maximum Gasteiger partial charge on any atom is 0.229 e. The molecule has 0 amide bonds. The molecule has 4 heteroatoms. The minimum Gasteiger partial charge on any atom is -0.507 e. The smallest absolute Gasteiger partial charge is 0.229 e. The van der Waals surface area contributed by atoms with Crippen LogP contribution < -0.4 is 0 Å². The van der Waals surface area contributed by atoms with Crippen molar-refractivity contribution in [2.45, 2.75) is 112 Å². The van der Waals surface area contributed by atoms with Gasteiger partial charge in [0, 0.05) is 17.3 Å². The summed E-state index contributed by atoms with van der Waals surface area (Å²) in [5.74, 6) is 1.93. The van der Waals surface area contributed by atoms with E-state index in [4.69, 9.17) is 14.4 Å². The standard InChI is InChI=1S/C49H56N2O2/c1-29(2)34-24-39(30(3)4)45(40(25-34)31(5)6)33-17-15-16-32(22-33)41-26-37(49(10,11)12)27-44-46(41)51-47(53-44)38-18-13-14-19-42(38)50-28-35-23-36(48(7,8)9)20-21-43(35)52/h13-31,52H,1-12H3. The summed E-state index contributed by atoms with van der Waals surface area (Å²) in [6.07, 6.45) is 1.73. The van der Waals surface area contributed by atoms with E-state index in [9.17, 15) is 5.11 Å². The number of benzene rings is 5. The van der Waals surface area contributed by atoms with Gasteiger partial charge in [0.1, 0.15) is 11.3 Å². The number of aromatic hydroxyl groups is 1. The number of nitrogens with zero attached hydrogens (tertiary/aromatic N) is 2. The van der Waals surface area contributed by atoms with Crippen molar-refractivity contribution in [3.05, 3.63) is 124 Å². The first-order valence-electron chi connectivity index (χ1n) is 19.1. The van der Waals surface area contributed by atoms with Crippen LogP contribution in [0.5, 0.6) is 5.75 Å². The molecular weight excluding hydrogens is 649 g/mol. The van der Waals surface area contributed by atoms with Crippen LogP contribution in [-0.2, 0) is 10.8 Å². The lowest BCUT2D eigenvalue weighted by Gasteiger charge is -2.24. The van der Waals surface area contributed by atoms with Crippen LogP contribution in [-0.4, -0.2) is 16.3 Å². The summed E-state index contributed by atoms with van der Waals surface area (Å²) < 4.78 is 6.65. The Morgan fingerprint density at radius 2 is 1.28 bits per heavy atom. The van der Waals surface area contributed by atoms with E-state index in [1.165, 1.54) is 33.4 Å². The van der Waals surface area contributed by atoms with E-state index < -0.39 is 0 Å². The van der Waals surface area contributed by atoms with Crippen LogP contribution >= 0.6 is 0 Å². The highest BCUT2D eigenvalue weighted by atomic mass is 16.3. The van der Waals surface area contributed by atoms with Gasteiger partial charge in [-0.25, -0.2) is 4.98 Å². The summed E-state index contributed by atoms with van der Waals surface area (Å²) in [5.41, 5.74) is 14.8. The van der Waals surface area contributed by atoms with Gasteiger partial charge in [-0.2, -0.15) is 0 Å². The Morgan fingerprint density at radius 1 is 0.642 bits per heavy atom. The summed E-state index contributed by atoms with van der Waals surface area (Å²) in [7, 11) is 0. The van der Waals surface area contributed by atoms with Crippen molar-refractivity contribution in [2.24, 2.45) is 4.99 Å². The van der Waals surface area contributed by atoms with Crippen molar-refractivity contribution in [3.63, 3.8) is 0 Å². The van der Waals surface area contributed by atoms with Gasteiger partial charge < -0.3 is 9.52 Å². The number of hydrogen-bond acceptors (Lipinski definition) is 4. The first-order chi connectivity index (χ1) is 24.9. The molecule has 0 aliphatic carbocycles. The molecule has 1 N–H and O–H groups in total. The zero-order valence-corrected chi connectivity index (χ0v) is 33.7. The van der Waals surface area contributed by atoms with Crippen molar-refractivity contribution < 1.29 is 9.52 Å². The number of aliphatic imine (C=N–C) groups is 1. The number of phenols is 1. The average molecular weight is 705 g/mol. The van der Waals surface area contributed by atoms with E-state index in [1.54, 1.807) is 12.3 Å². The van der Waals surface area contributed by atoms with E-state index in [0.717, 1.165) is 33.4 Å². The largest absolute Gasteiger partial charge is 0.507 e. The fourth-order valence-corrected chi connectivity index (χ4v) is 6.96. The second-order valence-corrected chi connectivity index (χ2v) is 17.6. The third-order valence-corrected chi connectivity index (χ3v) is 10.3. The predicted octanol–water partition coefficient (Wildman–Crippen LogP) is 14.3. The lowest BCUT2D eigenvalue weighted by atomic mass is 9.81. The Kier molecular flexibility index (Phi) is 10.3. The number of aromatic nitrogens is 1. The first kappa shape index (κ1) is 37.8. The molecule has 0 bridgehead atoms. The molecule has 0 aliphatic heterocycles. The van der Waals surface area contributed by atoms with E-state index in [2.05, 4.69) is 132 Å². The molecule has 1 heterocycles. The van der Waals surface area contributed by atoms with Gasteiger partial charge >= 0.3 is 0 Å². The van der Waals surface area contributed by atoms with Gasteiger partial charge in [-0.15, -0.1) is 0 Å². The van der Waals surface area contributed by atoms with E-state index in [1.807, 2.05) is 36.4 Å². The molecule has 4 nitrogen and oxygen atoms in total. The molecule has 6 aromatic rings. The van der Waals surface area contributed by atoms with Crippen LogP contribution in [0.1, 0.15) is 134 Å². The summed E-state index contributed by atoms with van der Waals surface area (Å²) >= 11 is 0. The first-order valence-corrected chi connectivity index (χ1v) is 19.1. The summed E-state index contributed by atoms with van der Waals surface area (Å²) in [6, 6.07) is 31.9. The van der Waals surface area contributed by atoms with Gasteiger partial charge in [0.05, 0.1) is 11.3 Å². The Hall–Kier alpha value is -4.96. The van der Waals surface area contributed by atoms with Crippen molar-refractivity contribution in [3.8, 4) is 39.5 Å². The van der Waals surface area contributed by atoms with Crippen LogP contribution in [0.15, 0.2) is 100 Å². The summed E-state index contributed by atoms with van der Waals surface area (Å²) in [6.45, 7) is 27.0. The number of rotatable bonds is 8. The van der Waals surface area contributed by atoms with Crippen LogP contribution in [0.25, 0.3) is 44.8 Å². The number of hydrogen-bond donors (Lipinski definition) is 1. The molecule has 0 radical (unpaired) electrons. The second-order valence-electron chi connectivity index (χ2n) is 17.6. The number of fused-ring (bicyclic) bond motifs is 1. The van der Waals surface area contributed by atoms with Crippen LogP contribution in [0.3, 0.4) is 0 Å². The lowest BCUT2D eigenvalue weighted by Crippen LogP contribution is -2.11. The fraction of sp³-hybridized carbons (Fsp3) is 0.347. The molecule has 6 rings (SSSR count). The number of para-hydroxylation sites is 1. The van der Waals surface area contributed by atoms with Crippen molar-refractivity contribution in [1.29, 1.82) is 0 Å². The minimum absolute atomic E-state index is 0.0542. The van der Waals surface area contributed by atoms with Gasteiger partial charge in [0.2, 0.25) is 5.89 Å². The molecule has 53 heavy (non-hydrogen) atoms. The van der Waals surface area contributed by atoms with Crippen LogP contribution in [0, 0.1) is 0 Å². The zero-order chi connectivity index (χ0) is 38.4. The van der Waals surface area contributed by atoms with Gasteiger partial charge in [-0.05, 0) is 116 Å². The van der Waals surface area contributed by atoms with Crippen molar-refractivity contribution in [2.75, 3.05) is 0 Å². The van der Waals surface area contributed by atoms with Gasteiger partial charge in [-0.3, -0.25) is 4.99 Å². The van der Waals surface area contributed by atoms with E-state index >= 15 is 0 Å². The van der Waals surface area contributed by atoms with Gasteiger partial charge in [0.25, 0.3) is 0 Å². The fourth-order valence-electron chi connectivity index (χ4n) is 6.96. The molecule has 0 saturated heterocycles. The quantitative estimate of drug-likeness (QED) is 0.160. The summed E-state index contributed by atoms with van der Waals surface area (Å²) in [4.78, 5) is 10.1. The number of phenolic OH excluding ortho intramolecular Hbond substituents is 1. The topological polar surface area (TPSA) is 58.6 Å². The number of oxazole rings is 1. The molecule has 0 unspecified atom stereocenters. The van der Waals surface area contributed by atoms with Crippen LogP contribution in [0.2, 0.25) is 0 Å². The Balaban J connectivity index is 1.51. The molecule has 0 spiro atoms. The van der Waals surface area contributed by atoms with E-state index in [-0.39, 0.29) is 16.6 Å². The Morgan fingerprint density at radius 3 is 1.91 bits per heavy atom. The SMILES string of the molecule is CC(C)c1cc(C(C)C)c(-c2cccc(-c3cc(C(C)(C)C)cc4oc(-c5ccccc5N=Cc5cc(C(C)(C)C)ccc5O)nc34)c2)c(C(C)C)c1. The normalized spacial score (nSPS) is 12.7. The minimum atomic E-state index is -0.110. The highest BCUT2D eigenvalue weighted by Crippen LogP contribution is 2.43.